The predicted octanol–water partition coefficient (Wildman–Crippen LogP) is 3.32. The molecule has 0 spiro atoms. The summed E-state index contributed by atoms with van der Waals surface area (Å²) in [5.41, 5.74) is 0. The van der Waals surface area contributed by atoms with Gasteiger partial charge in [0.25, 0.3) is 0 Å². The van der Waals surface area contributed by atoms with Crippen molar-refractivity contribution in [2.45, 2.75) is 4.90 Å². The quantitative estimate of drug-likeness (QED) is 0.413. The minimum absolute atomic E-state index is 0.203. The van der Waals surface area contributed by atoms with Gasteiger partial charge in [-0.25, -0.2) is 8.42 Å². The zero-order valence-corrected chi connectivity index (χ0v) is 14.0. The van der Waals surface area contributed by atoms with Gasteiger partial charge < -0.3 is 4.55 Å². The van der Waals surface area contributed by atoms with Crippen molar-refractivity contribution in [3.05, 3.63) is 52.9 Å². The second-order valence-electron chi connectivity index (χ2n) is 3.41. The fourth-order valence-corrected chi connectivity index (χ4v) is 4.39. The van der Waals surface area contributed by atoms with Crippen LogP contribution in [0, 0.1) is 0 Å². The first-order valence-corrected chi connectivity index (χ1v) is 10.4. The molecular formula is C12H13BrO3S3. The molecule has 0 aromatic heterocycles. The summed E-state index contributed by atoms with van der Waals surface area (Å²) in [4.78, 5) is 0.219. The van der Waals surface area contributed by atoms with Crippen molar-refractivity contribution in [1.29, 1.82) is 0 Å². The van der Waals surface area contributed by atoms with Gasteiger partial charge in [-0.1, -0.05) is 22.0 Å². The normalized spacial score (nSPS) is 13.6. The second-order valence-corrected chi connectivity index (χ2v) is 9.50. The van der Waals surface area contributed by atoms with Gasteiger partial charge in [0.05, 0.1) is 21.4 Å². The van der Waals surface area contributed by atoms with Gasteiger partial charge in [0, 0.05) is 20.1 Å². The lowest BCUT2D eigenvalue weighted by Gasteiger charge is -2.03. The molecule has 3 nitrogen and oxygen atoms in total. The van der Waals surface area contributed by atoms with Crippen LogP contribution in [0.3, 0.4) is 0 Å². The molecule has 0 aliphatic carbocycles. The Balaban J connectivity index is 2.64. The summed E-state index contributed by atoms with van der Waals surface area (Å²) in [5.74, 6) is 0.786. The van der Waals surface area contributed by atoms with Crippen molar-refractivity contribution in [3.63, 3.8) is 0 Å². The molecule has 0 aliphatic rings. The van der Waals surface area contributed by atoms with Crippen LogP contribution >= 0.6 is 26.7 Å². The Bertz CT molecular complexity index is 538. The summed E-state index contributed by atoms with van der Waals surface area (Å²) < 4.78 is 36.1. The van der Waals surface area contributed by atoms with Gasteiger partial charge >= 0.3 is 0 Å². The molecule has 1 rings (SSSR count). The van der Waals surface area contributed by atoms with Gasteiger partial charge in [0.2, 0.25) is 0 Å². The Labute approximate surface area is 128 Å². The van der Waals surface area contributed by atoms with Crippen LogP contribution in [0.2, 0.25) is 0 Å². The molecule has 0 saturated carbocycles. The van der Waals surface area contributed by atoms with E-state index < -0.39 is 20.0 Å². The highest BCUT2D eigenvalue weighted by molar-refractivity contribution is 9.10. The van der Waals surface area contributed by atoms with Crippen LogP contribution in [0.15, 0.2) is 57.8 Å². The van der Waals surface area contributed by atoms with E-state index in [2.05, 4.69) is 22.5 Å². The van der Waals surface area contributed by atoms with Crippen LogP contribution in [0.1, 0.15) is 0 Å². The van der Waals surface area contributed by atoms with E-state index >= 15 is 0 Å². The molecule has 0 bridgehead atoms. The van der Waals surface area contributed by atoms with Crippen molar-refractivity contribution in [2.24, 2.45) is 0 Å². The van der Waals surface area contributed by atoms with Crippen LogP contribution in [-0.4, -0.2) is 24.5 Å². The van der Waals surface area contributed by atoms with Gasteiger partial charge in [0.1, 0.15) is 5.75 Å². The topological polar surface area (TPSA) is 57.2 Å². The highest BCUT2D eigenvalue weighted by Gasteiger charge is 2.11. The molecule has 1 atom stereocenters. The van der Waals surface area contributed by atoms with E-state index in [0.29, 0.717) is 5.75 Å². The molecule has 0 saturated heterocycles. The Hall–Kier alpha value is -0.210. The summed E-state index contributed by atoms with van der Waals surface area (Å²) in [5, 5.41) is 1.10. The first-order chi connectivity index (χ1) is 8.95. The lowest BCUT2D eigenvalue weighted by Crippen LogP contribution is -2.01. The van der Waals surface area contributed by atoms with Crippen LogP contribution in [0.5, 0.6) is 0 Å². The summed E-state index contributed by atoms with van der Waals surface area (Å²) in [6.45, 7) is 3.53. The Morgan fingerprint density at radius 2 is 2.00 bits per heavy atom. The van der Waals surface area contributed by atoms with E-state index in [4.69, 9.17) is 0 Å². The molecule has 104 valence electrons. The predicted molar refractivity (Wildman–Crippen MR) is 86.1 cm³/mol. The third-order valence-corrected chi connectivity index (χ3v) is 6.68. The average molecular weight is 381 g/mol. The van der Waals surface area contributed by atoms with Gasteiger partial charge in [-0.2, -0.15) is 0 Å². The number of hydrogen-bond donors (Lipinski definition) is 0. The number of sulfone groups is 1. The van der Waals surface area contributed by atoms with Crippen molar-refractivity contribution in [2.75, 3.05) is 11.5 Å². The van der Waals surface area contributed by atoms with E-state index in [9.17, 15) is 13.0 Å². The van der Waals surface area contributed by atoms with Gasteiger partial charge in [-0.05, 0) is 30.3 Å². The summed E-state index contributed by atoms with van der Waals surface area (Å²) >= 11 is 3.24. The second kappa shape index (κ2) is 8.16. The van der Waals surface area contributed by atoms with E-state index in [-0.39, 0.29) is 10.6 Å². The first kappa shape index (κ1) is 16.8. The monoisotopic (exact) mass is 380 g/mol. The summed E-state index contributed by atoms with van der Waals surface area (Å²) in [7, 11) is -3.36. The Morgan fingerprint density at radius 1 is 1.37 bits per heavy atom. The number of halogens is 1. The fraction of sp³-hybridized carbons (Fsp3) is 0.167. The van der Waals surface area contributed by atoms with Crippen molar-refractivity contribution < 1.29 is 13.0 Å². The maximum atomic E-state index is 11.9. The number of benzene rings is 1. The van der Waals surface area contributed by atoms with E-state index in [0.717, 1.165) is 9.88 Å². The molecule has 0 amide bonds. The third-order valence-electron chi connectivity index (χ3n) is 1.97. The van der Waals surface area contributed by atoms with Crippen LogP contribution in [-0.2, 0) is 20.0 Å². The lowest BCUT2D eigenvalue weighted by molar-refractivity contribution is 0.604. The number of hydrogen-bond acceptors (Lipinski definition) is 4. The fourth-order valence-electron chi connectivity index (χ4n) is 1.12. The zero-order valence-electron chi connectivity index (χ0n) is 9.99. The minimum Gasteiger partial charge on any atom is -0.605 e. The smallest absolute Gasteiger partial charge is 0.199 e. The van der Waals surface area contributed by atoms with Crippen LogP contribution in [0.25, 0.3) is 0 Å². The standard InChI is InChI=1S/C12H13BrO3S3/c1-2-8-17-18(14)9-3-10-19(15,16)12-6-4-11(13)5-7-12/h2-7,10H,1,8-9H2. The maximum Gasteiger partial charge on any atom is 0.199 e. The van der Waals surface area contributed by atoms with Crippen LogP contribution < -0.4 is 0 Å². The van der Waals surface area contributed by atoms with Gasteiger partial charge in [-0.3, -0.25) is 0 Å². The zero-order chi connectivity index (χ0) is 14.3. The molecule has 1 aromatic carbocycles. The maximum absolute atomic E-state index is 11.9. The molecule has 0 N–H and O–H groups in total. The average Bonchev–Trinajstić information content (AvgIpc) is 2.36. The molecule has 1 unspecified atom stereocenters. The molecule has 0 radical (unpaired) electrons. The molecule has 1 aromatic rings. The molecule has 0 fully saturated rings. The highest BCUT2D eigenvalue weighted by Crippen LogP contribution is 2.17. The minimum atomic E-state index is -3.46. The highest BCUT2D eigenvalue weighted by atomic mass is 79.9. The third kappa shape index (κ3) is 6.18. The van der Waals surface area contributed by atoms with E-state index in [1.54, 1.807) is 18.2 Å². The largest absolute Gasteiger partial charge is 0.605 e. The molecular weight excluding hydrogens is 368 g/mol. The van der Waals surface area contributed by atoms with Crippen molar-refractivity contribution in [3.8, 4) is 0 Å². The van der Waals surface area contributed by atoms with E-state index in [1.807, 2.05) is 0 Å². The van der Waals surface area contributed by atoms with E-state index in [1.165, 1.54) is 29.0 Å². The van der Waals surface area contributed by atoms with Gasteiger partial charge in [-0.15, -0.1) is 6.58 Å². The molecule has 0 heterocycles. The van der Waals surface area contributed by atoms with Crippen LogP contribution in [0.4, 0.5) is 0 Å². The first-order valence-electron chi connectivity index (χ1n) is 5.25. The molecule has 7 heteroatoms. The molecule has 0 aliphatic heterocycles. The summed E-state index contributed by atoms with van der Waals surface area (Å²) in [6.07, 6.45) is 3.08. The van der Waals surface area contributed by atoms with Crippen molar-refractivity contribution >= 4 is 46.8 Å². The number of rotatable bonds is 7. The molecule has 19 heavy (non-hydrogen) atoms. The van der Waals surface area contributed by atoms with Gasteiger partial charge in [0.15, 0.2) is 9.84 Å². The Kier molecular flexibility index (Phi) is 7.23. The van der Waals surface area contributed by atoms with Crippen molar-refractivity contribution in [1.82, 2.24) is 0 Å². The Morgan fingerprint density at radius 3 is 2.58 bits per heavy atom. The summed E-state index contributed by atoms with van der Waals surface area (Å²) in [6, 6.07) is 6.37. The SMILES string of the molecule is C=CCS[S+]([O-])CC=CS(=O)(=O)c1ccc(Br)cc1. The lowest BCUT2D eigenvalue weighted by atomic mass is 10.4.